The van der Waals surface area contributed by atoms with Gasteiger partial charge in [-0.2, -0.15) is 0 Å². The van der Waals surface area contributed by atoms with E-state index in [1.807, 2.05) is 0 Å². The lowest BCUT2D eigenvalue weighted by Gasteiger charge is -2.13. The third kappa shape index (κ3) is 3.63. The summed E-state index contributed by atoms with van der Waals surface area (Å²) in [6, 6.07) is 3.09. The lowest BCUT2D eigenvalue weighted by atomic mass is 10.2. The average Bonchev–Trinajstić information content (AvgIpc) is 2.35. The van der Waals surface area contributed by atoms with Crippen molar-refractivity contribution in [3.05, 3.63) is 22.2 Å². The molecule has 5 heteroatoms. The quantitative estimate of drug-likeness (QED) is 0.779. The number of hydrogen-bond donors (Lipinski definition) is 1. The number of aromatic carboxylic acids is 1. The summed E-state index contributed by atoms with van der Waals surface area (Å²) in [5.41, 5.74) is 0.168. The summed E-state index contributed by atoms with van der Waals surface area (Å²) in [5, 5.41) is 9.04. The van der Waals surface area contributed by atoms with Crippen LogP contribution in [-0.2, 0) is 0 Å². The average molecular weight is 317 g/mol. The highest BCUT2D eigenvalue weighted by Crippen LogP contribution is 2.37. The second-order valence-electron chi connectivity index (χ2n) is 3.82. The van der Waals surface area contributed by atoms with Gasteiger partial charge in [-0.15, -0.1) is 0 Å². The molecule has 1 aromatic carbocycles. The Kier molecular flexibility index (Phi) is 5.98. The molecule has 0 radical (unpaired) electrons. The lowest BCUT2D eigenvalue weighted by molar-refractivity contribution is 0.0695. The van der Waals surface area contributed by atoms with Crippen molar-refractivity contribution in [3.8, 4) is 11.5 Å². The van der Waals surface area contributed by atoms with E-state index in [9.17, 15) is 4.79 Å². The molecule has 0 fully saturated rings. The van der Waals surface area contributed by atoms with Crippen molar-refractivity contribution in [2.75, 3.05) is 13.7 Å². The number of carbonyl (C=O) groups is 1. The highest BCUT2D eigenvalue weighted by atomic mass is 79.9. The zero-order valence-electron chi connectivity index (χ0n) is 10.5. The number of unbranched alkanes of at least 4 members (excludes halogenated alkanes) is 2. The summed E-state index contributed by atoms with van der Waals surface area (Å²) in [7, 11) is 1.53. The van der Waals surface area contributed by atoms with Crippen LogP contribution in [0.5, 0.6) is 11.5 Å². The molecule has 0 aromatic heterocycles. The first-order valence-electron chi connectivity index (χ1n) is 5.84. The number of methoxy groups -OCH3 is 1. The van der Waals surface area contributed by atoms with Gasteiger partial charge in [0.1, 0.15) is 0 Å². The van der Waals surface area contributed by atoms with Crippen LogP contribution in [0.25, 0.3) is 0 Å². The monoisotopic (exact) mass is 316 g/mol. The van der Waals surface area contributed by atoms with Gasteiger partial charge in [0.05, 0.1) is 23.8 Å². The Hall–Kier alpha value is -1.23. The topological polar surface area (TPSA) is 55.8 Å². The lowest BCUT2D eigenvalue weighted by Crippen LogP contribution is -2.04. The van der Waals surface area contributed by atoms with Crippen molar-refractivity contribution >= 4 is 21.9 Å². The minimum absolute atomic E-state index is 0.168. The predicted octanol–water partition coefficient (Wildman–Crippen LogP) is 3.72. The minimum atomic E-state index is -0.997. The molecule has 0 saturated heterocycles. The third-order valence-electron chi connectivity index (χ3n) is 2.51. The fourth-order valence-corrected chi connectivity index (χ4v) is 2.14. The Morgan fingerprint density at radius 3 is 2.67 bits per heavy atom. The molecule has 1 rings (SSSR count). The van der Waals surface area contributed by atoms with Crippen molar-refractivity contribution < 1.29 is 19.4 Å². The van der Waals surface area contributed by atoms with Gasteiger partial charge in [-0.3, -0.25) is 0 Å². The summed E-state index contributed by atoms with van der Waals surface area (Å²) in [6.07, 6.45) is 3.12. The summed E-state index contributed by atoms with van der Waals surface area (Å²) in [4.78, 5) is 11.0. The van der Waals surface area contributed by atoms with Gasteiger partial charge in [0.25, 0.3) is 0 Å². The Morgan fingerprint density at radius 2 is 2.11 bits per heavy atom. The van der Waals surface area contributed by atoms with Gasteiger partial charge >= 0.3 is 5.97 Å². The molecule has 0 amide bonds. The van der Waals surface area contributed by atoms with E-state index in [-0.39, 0.29) is 5.56 Å². The molecule has 0 heterocycles. The van der Waals surface area contributed by atoms with Crippen LogP contribution in [0.4, 0.5) is 0 Å². The van der Waals surface area contributed by atoms with E-state index < -0.39 is 5.97 Å². The van der Waals surface area contributed by atoms with Crippen LogP contribution in [0.3, 0.4) is 0 Å². The molecule has 0 spiro atoms. The molecular weight excluding hydrogens is 300 g/mol. The summed E-state index contributed by atoms with van der Waals surface area (Å²) in [5.74, 6) is -0.0141. The molecule has 1 N–H and O–H groups in total. The standard InChI is InChI=1S/C13H17BrO4/c1-3-4-5-8-18-12-10(17-2)7-6-9(11(12)14)13(15)16/h6-7H,3-5,8H2,1-2H3,(H,15,16). The van der Waals surface area contributed by atoms with Crippen molar-refractivity contribution in [1.82, 2.24) is 0 Å². The number of benzene rings is 1. The van der Waals surface area contributed by atoms with Crippen molar-refractivity contribution in [1.29, 1.82) is 0 Å². The van der Waals surface area contributed by atoms with Crippen molar-refractivity contribution in [2.24, 2.45) is 0 Å². The molecular formula is C13H17BrO4. The summed E-state index contributed by atoms with van der Waals surface area (Å²) >= 11 is 3.26. The van der Waals surface area contributed by atoms with Crippen LogP contribution in [0.15, 0.2) is 16.6 Å². The molecule has 1 aromatic rings. The second-order valence-corrected chi connectivity index (χ2v) is 4.61. The first kappa shape index (κ1) is 14.8. The van der Waals surface area contributed by atoms with Crippen molar-refractivity contribution in [3.63, 3.8) is 0 Å². The molecule has 0 aliphatic heterocycles. The zero-order chi connectivity index (χ0) is 13.5. The number of halogens is 1. The fraction of sp³-hybridized carbons (Fsp3) is 0.462. The maximum absolute atomic E-state index is 11.0. The normalized spacial score (nSPS) is 10.2. The smallest absolute Gasteiger partial charge is 0.336 e. The van der Waals surface area contributed by atoms with Crippen LogP contribution in [-0.4, -0.2) is 24.8 Å². The van der Waals surface area contributed by atoms with E-state index >= 15 is 0 Å². The minimum Gasteiger partial charge on any atom is -0.493 e. The van der Waals surface area contributed by atoms with Gasteiger partial charge in [0.2, 0.25) is 0 Å². The van der Waals surface area contributed by atoms with E-state index in [0.29, 0.717) is 22.6 Å². The number of ether oxygens (including phenoxy) is 2. The largest absolute Gasteiger partial charge is 0.493 e. The summed E-state index contributed by atoms with van der Waals surface area (Å²) in [6.45, 7) is 2.66. The molecule has 18 heavy (non-hydrogen) atoms. The fourth-order valence-electron chi connectivity index (χ4n) is 1.53. The molecule has 0 unspecified atom stereocenters. The first-order valence-corrected chi connectivity index (χ1v) is 6.63. The second kappa shape index (κ2) is 7.26. The number of rotatable bonds is 7. The molecule has 0 aliphatic carbocycles. The van der Waals surface area contributed by atoms with Crippen LogP contribution in [0, 0.1) is 0 Å². The Balaban J connectivity index is 2.91. The molecule has 0 saturated carbocycles. The Labute approximate surface area is 115 Å². The van der Waals surface area contributed by atoms with Gasteiger partial charge in [-0.1, -0.05) is 19.8 Å². The van der Waals surface area contributed by atoms with Crippen molar-refractivity contribution in [2.45, 2.75) is 26.2 Å². The molecule has 0 atom stereocenters. The Morgan fingerprint density at radius 1 is 1.39 bits per heavy atom. The van der Waals surface area contributed by atoms with E-state index in [1.54, 1.807) is 6.07 Å². The van der Waals surface area contributed by atoms with Gasteiger partial charge in [-0.25, -0.2) is 4.79 Å². The third-order valence-corrected chi connectivity index (χ3v) is 3.29. The van der Waals surface area contributed by atoms with Crippen LogP contribution in [0.1, 0.15) is 36.5 Å². The molecule has 100 valence electrons. The van der Waals surface area contributed by atoms with E-state index in [2.05, 4.69) is 22.9 Å². The highest BCUT2D eigenvalue weighted by molar-refractivity contribution is 9.10. The summed E-state index contributed by atoms with van der Waals surface area (Å²) < 4.78 is 11.2. The predicted molar refractivity (Wildman–Crippen MR) is 72.7 cm³/mol. The van der Waals surface area contributed by atoms with E-state index in [0.717, 1.165) is 19.3 Å². The van der Waals surface area contributed by atoms with Gasteiger partial charge < -0.3 is 14.6 Å². The maximum Gasteiger partial charge on any atom is 0.336 e. The zero-order valence-corrected chi connectivity index (χ0v) is 12.1. The van der Waals surface area contributed by atoms with Gasteiger partial charge in [0.15, 0.2) is 11.5 Å². The molecule has 0 bridgehead atoms. The maximum atomic E-state index is 11.0. The van der Waals surface area contributed by atoms with Gasteiger partial charge in [-0.05, 0) is 34.5 Å². The van der Waals surface area contributed by atoms with E-state index in [1.165, 1.54) is 13.2 Å². The van der Waals surface area contributed by atoms with Crippen LogP contribution < -0.4 is 9.47 Å². The number of hydrogen-bond acceptors (Lipinski definition) is 3. The van der Waals surface area contributed by atoms with E-state index in [4.69, 9.17) is 14.6 Å². The highest BCUT2D eigenvalue weighted by Gasteiger charge is 2.17. The first-order chi connectivity index (χ1) is 8.61. The Bertz CT molecular complexity index is 418. The number of carboxylic acid groups (broad SMARTS) is 1. The molecule has 4 nitrogen and oxygen atoms in total. The SMILES string of the molecule is CCCCCOc1c(OC)ccc(C(=O)O)c1Br. The van der Waals surface area contributed by atoms with Gasteiger partial charge in [0, 0.05) is 0 Å². The number of carboxylic acids is 1. The van der Waals surface area contributed by atoms with Crippen LogP contribution >= 0.6 is 15.9 Å². The van der Waals surface area contributed by atoms with Crippen LogP contribution in [0.2, 0.25) is 0 Å². The molecule has 0 aliphatic rings.